The second kappa shape index (κ2) is 8.02. The molecule has 3 heteroatoms. The van der Waals surface area contributed by atoms with Crippen molar-refractivity contribution in [1.29, 1.82) is 0 Å². The topological polar surface area (TPSA) is 15.3 Å². The third-order valence-electron chi connectivity index (χ3n) is 4.31. The van der Waals surface area contributed by atoms with Gasteiger partial charge in [-0.3, -0.25) is 4.90 Å². The molecule has 1 heterocycles. The minimum atomic E-state index is 0.440. The van der Waals surface area contributed by atoms with E-state index in [0.29, 0.717) is 12.0 Å². The van der Waals surface area contributed by atoms with Crippen molar-refractivity contribution in [2.45, 2.75) is 38.6 Å². The van der Waals surface area contributed by atoms with E-state index in [-0.39, 0.29) is 0 Å². The number of nitrogens with one attached hydrogen (secondary N) is 1. The van der Waals surface area contributed by atoms with E-state index in [4.69, 9.17) is 11.6 Å². The van der Waals surface area contributed by atoms with Crippen LogP contribution in [-0.2, 0) is 0 Å². The number of rotatable bonds is 5. The van der Waals surface area contributed by atoms with E-state index in [0.717, 1.165) is 18.1 Å². The Morgan fingerprint density at radius 2 is 2.10 bits per heavy atom. The highest BCUT2D eigenvalue weighted by atomic mass is 35.5. The summed E-state index contributed by atoms with van der Waals surface area (Å²) in [5.41, 5.74) is 1.29. The van der Waals surface area contributed by atoms with Gasteiger partial charge in [-0.05, 0) is 63.5 Å². The second-order valence-corrected chi connectivity index (χ2v) is 6.31. The monoisotopic (exact) mass is 294 g/mol. The van der Waals surface area contributed by atoms with Gasteiger partial charge in [-0.25, -0.2) is 0 Å². The molecule has 0 aliphatic carbocycles. The summed E-state index contributed by atoms with van der Waals surface area (Å²) in [5.74, 6) is 0.647. The molecule has 1 saturated heterocycles. The predicted molar refractivity (Wildman–Crippen MR) is 87.3 cm³/mol. The van der Waals surface area contributed by atoms with Gasteiger partial charge >= 0.3 is 0 Å². The molecule has 0 aromatic heterocycles. The molecule has 2 rings (SSSR count). The third-order valence-corrected chi connectivity index (χ3v) is 4.66. The molecule has 0 spiro atoms. The summed E-state index contributed by atoms with van der Waals surface area (Å²) in [4.78, 5) is 2.49. The number of nitrogens with zero attached hydrogens (tertiary/aromatic N) is 1. The van der Waals surface area contributed by atoms with Crippen molar-refractivity contribution in [1.82, 2.24) is 10.2 Å². The molecule has 2 atom stereocenters. The van der Waals surface area contributed by atoms with Crippen LogP contribution < -0.4 is 5.32 Å². The van der Waals surface area contributed by atoms with Crippen LogP contribution in [-0.4, -0.2) is 31.6 Å². The maximum Gasteiger partial charge on any atom is 0.0453 e. The lowest BCUT2D eigenvalue weighted by atomic mass is 9.89. The first kappa shape index (κ1) is 15.8. The first-order valence-electron chi connectivity index (χ1n) is 7.89. The van der Waals surface area contributed by atoms with Gasteiger partial charge in [0.1, 0.15) is 0 Å². The predicted octanol–water partition coefficient (Wildman–Crippen LogP) is 4.11. The van der Waals surface area contributed by atoms with E-state index < -0.39 is 0 Å². The van der Waals surface area contributed by atoms with Crippen LogP contribution in [0.5, 0.6) is 0 Å². The molecule has 1 aliphatic heterocycles. The lowest BCUT2D eigenvalue weighted by molar-refractivity contribution is 0.189. The van der Waals surface area contributed by atoms with Crippen LogP contribution in [0.15, 0.2) is 24.3 Å². The van der Waals surface area contributed by atoms with Gasteiger partial charge in [0.05, 0.1) is 0 Å². The largest absolute Gasteiger partial charge is 0.316 e. The summed E-state index contributed by atoms with van der Waals surface area (Å²) in [7, 11) is 2.24. The normalized spacial score (nSPS) is 24.6. The van der Waals surface area contributed by atoms with Crippen molar-refractivity contribution >= 4 is 11.6 Å². The highest BCUT2D eigenvalue weighted by Gasteiger charge is 2.29. The summed E-state index contributed by atoms with van der Waals surface area (Å²) in [6, 6.07) is 8.78. The molecular formula is C17H27ClN2. The fraction of sp³-hybridized carbons (Fsp3) is 0.647. The summed E-state index contributed by atoms with van der Waals surface area (Å²) in [6.07, 6.45) is 5.10. The van der Waals surface area contributed by atoms with Crippen LogP contribution >= 0.6 is 11.6 Å². The number of hydrogen-bond donors (Lipinski definition) is 1. The Morgan fingerprint density at radius 3 is 2.85 bits per heavy atom. The number of benzene rings is 1. The molecule has 1 aromatic rings. The highest BCUT2D eigenvalue weighted by Crippen LogP contribution is 2.37. The van der Waals surface area contributed by atoms with Crippen LogP contribution in [0.2, 0.25) is 5.02 Å². The first-order chi connectivity index (χ1) is 9.74. The molecule has 1 aliphatic rings. The summed E-state index contributed by atoms with van der Waals surface area (Å²) in [6.45, 7) is 5.58. The van der Waals surface area contributed by atoms with E-state index in [1.165, 1.54) is 37.8 Å². The maximum atomic E-state index is 6.46. The zero-order chi connectivity index (χ0) is 14.4. The molecule has 2 nitrogen and oxygen atoms in total. The van der Waals surface area contributed by atoms with Crippen molar-refractivity contribution in [3.63, 3.8) is 0 Å². The van der Waals surface area contributed by atoms with E-state index in [2.05, 4.69) is 36.3 Å². The molecular weight excluding hydrogens is 268 g/mol. The van der Waals surface area contributed by atoms with Crippen molar-refractivity contribution in [3.05, 3.63) is 34.9 Å². The molecule has 0 bridgehead atoms. The summed E-state index contributed by atoms with van der Waals surface area (Å²) < 4.78 is 0. The molecule has 0 amide bonds. The smallest absolute Gasteiger partial charge is 0.0453 e. The molecule has 2 unspecified atom stereocenters. The second-order valence-electron chi connectivity index (χ2n) is 5.91. The van der Waals surface area contributed by atoms with E-state index in [1.807, 2.05) is 12.1 Å². The van der Waals surface area contributed by atoms with Crippen LogP contribution in [0.25, 0.3) is 0 Å². The molecule has 112 valence electrons. The standard InChI is InChI=1S/C17H27ClN2/c1-3-11-19-13-14-8-6-7-12-20(2)17(14)15-9-4-5-10-16(15)18/h4-5,9-10,14,17,19H,3,6-8,11-13H2,1-2H3. The average molecular weight is 295 g/mol. The van der Waals surface area contributed by atoms with Crippen LogP contribution in [0, 0.1) is 5.92 Å². The number of hydrogen-bond acceptors (Lipinski definition) is 2. The van der Waals surface area contributed by atoms with Gasteiger partial charge in [-0.15, -0.1) is 0 Å². The Labute approximate surface area is 128 Å². The first-order valence-corrected chi connectivity index (χ1v) is 8.27. The quantitative estimate of drug-likeness (QED) is 0.822. The number of likely N-dealkylation sites (tertiary alicyclic amines) is 1. The fourth-order valence-electron chi connectivity index (χ4n) is 3.31. The van der Waals surface area contributed by atoms with Gasteiger partial charge in [0.15, 0.2) is 0 Å². The van der Waals surface area contributed by atoms with Crippen molar-refractivity contribution in [2.24, 2.45) is 5.92 Å². The Kier molecular flexibility index (Phi) is 6.34. The van der Waals surface area contributed by atoms with Crippen molar-refractivity contribution in [3.8, 4) is 0 Å². The Hall–Kier alpha value is -0.570. The van der Waals surface area contributed by atoms with Crippen LogP contribution in [0.4, 0.5) is 0 Å². The average Bonchev–Trinajstić information content (AvgIpc) is 2.62. The zero-order valence-corrected chi connectivity index (χ0v) is 13.5. The van der Waals surface area contributed by atoms with Crippen molar-refractivity contribution in [2.75, 3.05) is 26.7 Å². The number of halogens is 1. The molecule has 0 saturated carbocycles. The SMILES string of the molecule is CCCNCC1CCCCN(C)C1c1ccccc1Cl. The summed E-state index contributed by atoms with van der Waals surface area (Å²) >= 11 is 6.46. The Bertz CT molecular complexity index is 408. The summed E-state index contributed by atoms with van der Waals surface area (Å²) in [5, 5.41) is 4.51. The maximum absolute atomic E-state index is 6.46. The van der Waals surface area contributed by atoms with Crippen molar-refractivity contribution < 1.29 is 0 Å². The van der Waals surface area contributed by atoms with Crippen LogP contribution in [0.3, 0.4) is 0 Å². The molecule has 20 heavy (non-hydrogen) atoms. The van der Waals surface area contributed by atoms with E-state index in [9.17, 15) is 0 Å². The van der Waals surface area contributed by atoms with Gasteiger partial charge in [-0.1, -0.05) is 43.1 Å². The zero-order valence-electron chi connectivity index (χ0n) is 12.7. The van der Waals surface area contributed by atoms with Gasteiger partial charge in [-0.2, -0.15) is 0 Å². The fourth-order valence-corrected chi connectivity index (χ4v) is 3.56. The van der Waals surface area contributed by atoms with Gasteiger partial charge in [0, 0.05) is 11.1 Å². The van der Waals surface area contributed by atoms with Gasteiger partial charge in [0.2, 0.25) is 0 Å². The lowest BCUT2D eigenvalue weighted by Gasteiger charge is -2.33. The van der Waals surface area contributed by atoms with E-state index in [1.54, 1.807) is 0 Å². The van der Waals surface area contributed by atoms with E-state index >= 15 is 0 Å². The Morgan fingerprint density at radius 1 is 1.30 bits per heavy atom. The molecule has 1 N–H and O–H groups in total. The molecule has 0 radical (unpaired) electrons. The van der Waals surface area contributed by atoms with Gasteiger partial charge < -0.3 is 5.32 Å². The van der Waals surface area contributed by atoms with Crippen LogP contribution in [0.1, 0.15) is 44.2 Å². The third kappa shape index (κ3) is 3.97. The minimum Gasteiger partial charge on any atom is -0.316 e. The highest BCUT2D eigenvalue weighted by molar-refractivity contribution is 6.31. The lowest BCUT2D eigenvalue weighted by Crippen LogP contribution is -2.35. The molecule has 1 aromatic carbocycles. The molecule has 1 fully saturated rings. The van der Waals surface area contributed by atoms with Gasteiger partial charge in [0.25, 0.3) is 0 Å². The minimum absolute atomic E-state index is 0.440. The Balaban J connectivity index is 2.19.